The number of ether oxygens (including phenoxy) is 1. The SMILES string of the molecule is O=C(NC1CCN(C(=O)C(c2ccccc2)c2ccccc2)CC1)C1CCCO1. The normalized spacial score (nSPS) is 20.0. The van der Waals surface area contributed by atoms with E-state index in [0.29, 0.717) is 19.7 Å². The molecule has 2 aliphatic heterocycles. The largest absolute Gasteiger partial charge is 0.368 e. The second kappa shape index (κ2) is 9.23. The lowest BCUT2D eigenvalue weighted by Crippen LogP contribution is -2.49. The molecule has 4 rings (SSSR count). The first kappa shape index (κ1) is 19.6. The number of hydrogen-bond donors (Lipinski definition) is 1. The summed E-state index contributed by atoms with van der Waals surface area (Å²) in [6, 6.07) is 20.0. The summed E-state index contributed by atoms with van der Waals surface area (Å²) in [5.74, 6) is -0.166. The zero-order valence-electron chi connectivity index (χ0n) is 16.6. The number of piperidine rings is 1. The van der Waals surface area contributed by atoms with Crippen LogP contribution in [0.15, 0.2) is 60.7 Å². The smallest absolute Gasteiger partial charge is 0.249 e. The molecule has 0 radical (unpaired) electrons. The van der Waals surface area contributed by atoms with Gasteiger partial charge in [0, 0.05) is 25.7 Å². The van der Waals surface area contributed by atoms with Gasteiger partial charge in [-0.1, -0.05) is 60.7 Å². The molecule has 1 N–H and O–H groups in total. The number of amides is 2. The summed E-state index contributed by atoms with van der Waals surface area (Å²) in [5, 5.41) is 3.11. The zero-order valence-corrected chi connectivity index (χ0v) is 16.6. The van der Waals surface area contributed by atoms with Crippen molar-refractivity contribution in [3.05, 3.63) is 71.8 Å². The molecule has 2 aromatic carbocycles. The van der Waals surface area contributed by atoms with Crippen LogP contribution in [-0.4, -0.2) is 48.6 Å². The first-order valence-electron chi connectivity index (χ1n) is 10.5. The van der Waals surface area contributed by atoms with Gasteiger partial charge in [-0.05, 0) is 36.8 Å². The van der Waals surface area contributed by atoms with Crippen molar-refractivity contribution >= 4 is 11.8 Å². The number of nitrogens with zero attached hydrogens (tertiary/aromatic N) is 1. The van der Waals surface area contributed by atoms with Crippen LogP contribution in [0.1, 0.15) is 42.7 Å². The van der Waals surface area contributed by atoms with Crippen molar-refractivity contribution in [2.45, 2.75) is 43.7 Å². The topological polar surface area (TPSA) is 58.6 Å². The first-order chi connectivity index (χ1) is 14.2. The number of likely N-dealkylation sites (tertiary alicyclic amines) is 1. The van der Waals surface area contributed by atoms with Crippen LogP contribution in [0, 0.1) is 0 Å². The number of benzene rings is 2. The van der Waals surface area contributed by atoms with Crippen LogP contribution in [0.4, 0.5) is 0 Å². The van der Waals surface area contributed by atoms with Crippen LogP contribution in [0.3, 0.4) is 0 Å². The lowest BCUT2D eigenvalue weighted by atomic mass is 9.89. The Morgan fingerprint density at radius 2 is 1.48 bits per heavy atom. The molecule has 0 saturated carbocycles. The summed E-state index contributed by atoms with van der Waals surface area (Å²) in [5.41, 5.74) is 2.02. The highest BCUT2D eigenvalue weighted by Crippen LogP contribution is 2.28. The highest BCUT2D eigenvalue weighted by Gasteiger charge is 2.32. The maximum Gasteiger partial charge on any atom is 0.249 e. The monoisotopic (exact) mass is 392 g/mol. The lowest BCUT2D eigenvalue weighted by molar-refractivity contribution is -0.133. The molecule has 0 aliphatic carbocycles. The van der Waals surface area contributed by atoms with E-state index in [2.05, 4.69) is 5.32 Å². The quantitative estimate of drug-likeness (QED) is 0.851. The summed E-state index contributed by atoms with van der Waals surface area (Å²) < 4.78 is 5.47. The fourth-order valence-electron chi connectivity index (χ4n) is 4.27. The Morgan fingerprint density at radius 1 is 0.897 bits per heavy atom. The molecule has 5 nitrogen and oxygen atoms in total. The molecule has 1 atom stereocenters. The van der Waals surface area contributed by atoms with Crippen molar-refractivity contribution in [2.24, 2.45) is 0 Å². The van der Waals surface area contributed by atoms with E-state index in [-0.39, 0.29) is 29.9 Å². The Kier molecular flexibility index (Phi) is 6.25. The van der Waals surface area contributed by atoms with Crippen molar-refractivity contribution in [1.29, 1.82) is 0 Å². The summed E-state index contributed by atoms with van der Waals surface area (Å²) >= 11 is 0. The third-order valence-electron chi connectivity index (χ3n) is 5.89. The van der Waals surface area contributed by atoms with Crippen LogP contribution < -0.4 is 5.32 Å². The molecule has 29 heavy (non-hydrogen) atoms. The minimum atomic E-state index is -0.296. The molecule has 5 heteroatoms. The second-order valence-corrected chi connectivity index (χ2v) is 7.86. The van der Waals surface area contributed by atoms with Gasteiger partial charge in [-0.2, -0.15) is 0 Å². The average Bonchev–Trinajstić information content (AvgIpc) is 3.31. The van der Waals surface area contributed by atoms with Gasteiger partial charge >= 0.3 is 0 Å². The summed E-state index contributed by atoms with van der Waals surface area (Å²) in [4.78, 5) is 27.7. The molecule has 2 heterocycles. The predicted octanol–water partition coefficient (Wildman–Crippen LogP) is 3.10. The molecule has 2 saturated heterocycles. The molecule has 1 unspecified atom stereocenters. The summed E-state index contributed by atoms with van der Waals surface area (Å²) in [7, 11) is 0. The lowest BCUT2D eigenvalue weighted by Gasteiger charge is -2.35. The van der Waals surface area contributed by atoms with Gasteiger partial charge in [0.2, 0.25) is 11.8 Å². The highest BCUT2D eigenvalue weighted by atomic mass is 16.5. The molecular formula is C24H28N2O3. The van der Waals surface area contributed by atoms with Crippen LogP contribution in [0.5, 0.6) is 0 Å². The summed E-state index contributed by atoms with van der Waals surface area (Å²) in [6.45, 7) is 1.99. The average molecular weight is 392 g/mol. The van der Waals surface area contributed by atoms with Gasteiger partial charge in [-0.15, -0.1) is 0 Å². The van der Waals surface area contributed by atoms with Gasteiger partial charge in [0.15, 0.2) is 0 Å². The standard InChI is InChI=1S/C24H28N2O3/c27-23(21-12-7-17-29-21)25-20-13-15-26(16-14-20)24(28)22(18-8-3-1-4-9-18)19-10-5-2-6-11-19/h1-6,8-11,20-22H,7,12-17H2,(H,25,27). The minimum Gasteiger partial charge on any atom is -0.368 e. The Morgan fingerprint density at radius 3 is 2.00 bits per heavy atom. The number of carbonyl (C=O) groups excluding carboxylic acids is 2. The molecule has 0 spiro atoms. The van der Waals surface area contributed by atoms with E-state index in [0.717, 1.165) is 36.8 Å². The Labute approximate surface area is 172 Å². The Bertz CT molecular complexity index is 771. The van der Waals surface area contributed by atoms with E-state index in [1.807, 2.05) is 65.6 Å². The zero-order chi connectivity index (χ0) is 20.1. The molecule has 2 amide bonds. The van der Waals surface area contributed by atoms with E-state index < -0.39 is 0 Å². The molecule has 2 fully saturated rings. The third kappa shape index (κ3) is 4.67. The van der Waals surface area contributed by atoms with E-state index in [4.69, 9.17) is 4.74 Å². The van der Waals surface area contributed by atoms with Crippen molar-refractivity contribution in [1.82, 2.24) is 10.2 Å². The second-order valence-electron chi connectivity index (χ2n) is 7.86. The van der Waals surface area contributed by atoms with Gasteiger partial charge in [0.1, 0.15) is 6.10 Å². The van der Waals surface area contributed by atoms with Gasteiger partial charge in [0.05, 0.1) is 5.92 Å². The van der Waals surface area contributed by atoms with Crippen LogP contribution >= 0.6 is 0 Å². The van der Waals surface area contributed by atoms with Crippen molar-refractivity contribution in [2.75, 3.05) is 19.7 Å². The number of rotatable bonds is 5. The van der Waals surface area contributed by atoms with Crippen molar-refractivity contribution in [3.8, 4) is 0 Å². The molecule has 2 aliphatic rings. The number of hydrogen-bond acceptors (Lipinski definition) is 3. The number of carbonyl (C=O) groups is 2. The fraction of sp³-hybridized carbons (Fsp3) is 0.417. The van der Waals surface area contributed by atoms with Crippen molar-refractivity contribution < 1.29 is 14.3 Å². The van der Waals surface area contributed by atoms with E-state index in [1.54, 1.807) is 0 Å². The van der Waals surface area contributed by atoms with E-state index >= 15 is 0 Å². The van der Waals surface area contributed by atoms with Crippen LogP contribution in [0.25, 0.3) is 0 Å². The van der Waals surface area contributed by atoms with Gasteiger partial charge in [0.25, 0.3) is 0 Å². The molecule has 152 valence electrons. The Hall–Kier alpha value is -2.66. The fourth-order valence-corrected chi connectivity index (χ4v) is 4.27. The van der Waals surface area contributed by atoms with Crippen LogP contribution in [0.2, 0.25) is 0 Å². The number of nitrogens with one attached hydrogen (secondary N) is 1. The maximum atomic E-state index is 13.5. The third-order valence-corrected chi connectivity index (χ3v) is 5.89. The van der Waals surface area contributed by atoms with Gasteiger partial charge < -0.3 is 15.0 Å². The van der Waals surface area contributed by atoms with E-state index in [1.165, 1.54) is 0 Å². The van der Waals surface area contributed by atoms with Gasteiger partial charge in [-0.3, -0.25) is 9.59 Å². The maximum absolute atomic E-state index is 13.5. The molecule has 0 bridgehead atoms. The first-order valence-corrected chi connectivity index (χ1v) is 10.5. The highest BCUT2D eigenvalue weighted by molar-refractivity contribution is 5.87. The van der Waals surface area contributed by atoms with Gasteiger partial charge in [-0.25, -0.2) is 0 Å². The summed E-state index contributed by atoms with van der Waals surface area (Å²) in [6.07, 6.45) is 3.01. The van der Waals surface area contributed by atoms with Crippen molar-refractivity contribution in [3.63, 3.8) is 0 Å². The Balaban J connectivity index is 1.41. The molecule has 2 aromatic rings. The van der Waals surface area contributed by atoms with Crippen LogP contribution in [-0.2, 0) is 14.3 Å². The van der Waals surface area contributed by atoms with E-state index in [9.17, 15) is 9.59 Å². The molecular weight excluding hydrogens is 364 g/mol. The minimum absolute atomic E-state index is 0.00118. The molecule has 0 aromatic heterocycles. The predicted molar refractivity (Wildman–Crippen MR) is 111 cm³/mol.